The van der Waals surface area contributed by atoms with Crippen molar-refractivity contribution in [2.45, 2.75) is 116 Å². The Bertz CT molecular complexity index is 951. The number of ketones is 1. The number of hydrogen-bond acceptors (Lipinski definition) is 8. The molecule has 0 aliphatic carbocycles. The fraction of sp³-hybridized carbons (Fsp3) is 0.688. The van der Waals surface area contributed by atoms with Crippen molar-refractivity contribution in [2.75, 3.05) is 6.61 Å². The maximum absolute atomic E-state index is 12.6. The van der Waals surface area contributed by atoms with E-state index in [2.05, 4.69) is 25.7 Å². The van der Waals surface area contributed by atoms with Crippen LogP contribution < -0.4 is 0 Å². The molecule has 2 aliphatic rings. The molecule has 2 aliphatic heterocycles. The molecule has 0 aromatic rings. The van der Waals surface area contributed by atoms with Gasteiger partial charge >= 0.3 is 5.97 Å². The number of ether oxygens (including phenoxy) is 2. The second-order valence-corrected chi connectivity index (χ2v) is 11.9. The highest BCUT2D eigenvalue weighted by atomic mass is 16.6. The minimum Gasteiger partial charge on any atom is -0.457 e. The highest BCUT2D eigenvalue weighted by Gasteiger charge is 2.37. The zero-order valence-electron chi connectivity index (χ0n) is 24.8. The predicted octanol–water partition coefficient (Wildman–Crippen LogP) is 3.97. The van der Waals surface area contributed by atoms with Crippen LogP contribution in [-0.2, 0) is 19.1 Å². The zero-order valence-corrected chi connectivity index (χ0v) is 24.8. The summed E-state index contributed by atoms with van der Waals surface area (Å²) < 4.78 is 11.2. The van der Waals surface area contributed by atoms with Gasteiger partial charge in [-0.3, -0.25) is 4.79 Å². The summed E-state index contributed by atoms with van der Waals surface area (Å²) in [6, 6.07) is 0. The Hall–Kier alpha value is -2.10. The van der Waals surface area contributed by atoms with Gasteiger partial charge in [-0.1, -0.05) is 62.8 Å². The number of esters is 1. The second-order valence-electron chi connectivity index (χ2n) is 11.9. The van der Waals surface area contributed by atoms with Gasteiger partial charge in [0.1, 0.15) is 18.3 Å². The molecule has 0 amide bonds. The largest absolute Gasteiger partial charge is 0.457 e. The van der Waals surface area contributed by atoms with Gasteiger partial charge in [-0.15, -0.1) is 0 Å². The van der Waals surface area contributed by atoms with Gasteiger partial charge in [-0.2, -0.15) is 0 Å². The minimum atomic E-state index is -1.70. The van der Waals surface area contributed by atoms with Crippen molar-refractivity contribution in [1.82, 2.24) is 0 Å². The third-order valence-electron chi connectivity index (χ3n) is 7.92. The summed E-state index contributed by atoms with van der Waals surface area (Å²) in [5.41, 5.74) is 2.47. The van der Waals surface area contributed by atoms with Crippen LogP contribution in [-0.4, -0.2) is 75.4 Å². The fourth-order valence-corrected chi connectivity index (χ4v) is 5.17. The molecule has 8 nitrogen and oxygen atoms in total. The van der Waals surface area contributed by atoms with E-state index in [0.29, 0.717) is 24.3 Å². The quantitative estimate of drug-likeness (QED) is 0.214. The van der Waals surface area contributed by atoms with Crippen molar-refractivity contribution in [2.24, 2.45) is 17.8 Å². The SMILES string of the molecule is C=C1/C=C(\C)[C@@H](C)C[C@H](O)CC(=O)[C@H](O)[C@@H](O)[C@H](C)C[C@H](CO)OC(=O)/C(C)=C\CC/C=C\[C@@H]2O[C@H]2C[C@H](C)C1. The molecular weight excluding hydrogens is 512 g/mol. The first-order valence-corrected chi connectivity index (χ1v) is 14.6. The molecule has 0 spiro atoms. The summed E-state index contributed by atoms with van der Waals surface area (Å²) in [5, 5.41) is 41.3. The van der Waals surface area contributed by atoms with Crippen molar-refractivity contribution in [3.8, 4) is 0 Å². The number of rotatable bonds is 1. The van der Waals surface area contributed by atoms with Gasteiger partial charge in [0.15, 0.2) is 5.78 Å². The average molecular weight is 563 g/mol. The fourth-order valence-electron chi connectivity index (χ4n) is 5.17. The highest BCUT2D eigenvalue weighted by molar-refractivity contribution is 5.87. The molecule has 1 fully saturated rings. The van der Waals surface area contributed by atoms with Gasteiger partial charge in [0.2, 0.25) is 0 Å². The Balaban J connectivity index is 2.13. The molecule has 4 N–H and O–H groups in total. The number of cyclic esters (lactones) is 1. The molecule has 0 aromatic heterocycles. The third kappa shape index (κ3) is 11.4. The lowest BCUT2D eigenvalue weighted by atomic mass is 9.88. The molecule has 8 heteroatoms. The van der Waals surface area contributed by atoms with E-state index in [-0.39, 0.29) is 31.0 Å². The smallest absolute Gasteiger partial charge is 0.333 e. The van der Waals surface area contributed by atoms with E-state index >= 15 is 0 Å². The van der Waals surface area contributed by atoms with E-state index in [9.17, 15) is 30.0 Å². The monoisotopic (exact) mass is 562 g/mol. The third-order valence-corrected chi connectivity index (χ3v) is 7.92. The Morgan fingerprint density at radius 2 is 1.70 bits per heavy atom. The Morgan fingerprint density at radius 1 is 1.00 bits per heavy atom. The first kappa shape index (κ1) is 34.1. The Labute approximate surface area is 239 Å². The number of allylic oxidation sites excluding steroid dienone is 5. The minimum absolute atomic E-state index is 0.00630. The van der Waals surface area contributed by atoms with Crippen LogP contribution in [0.2, 0.25) is 0 Å². The van der Waals surface area contributed by atoms with E-state index in [1.165, 1.54) is 0 Å². The highest BCUT2D eigenvalue weighted by Crippen LogP contribution is 2.32. The molecule has 40 heavy (non-hydrogen) atoms. The van der Waals surface area contributed by atoms with Crippen molar-refractivity contribution < 1.29 is 39.5 Å². The lowest BCUT2D eigenvalue weighted by molar-refractivity contribution is -0.149. The van der Waals surface area contributed by atoms with Gasteiger partial charge in [0.25, 0.3) is 0 Å². The maximum Gasteiger partial charge on any atom is 0.333 e. The summed E-state index contributed by atoms with van der Waals surface area (Å²) in [6.45, 7) is 13.1. The number of epoxide rings is 1. The van der Waals surface area contributed by atoms with E-state index in [4.69, 9.17) is 9.47 Å². The van der Waals surface area contributed by atoms with Crippen LogP contribution in [0.25, 0.3) is 0 Å². The van der Waals surface area contributed by atoms with Gasteiger partial charge in [0, 0.05) is 12.0 Å². The van der Waals surface area contributed by atoms with E-state index in [1.807, 2.05) is 19.9 Å². The molecular formula is C32H50O8. The predicted molar refractivity (Wildman–Crippen MR) is 154 cm³/mol. The van der Waals surface area contributed by atoms with E-state index < -0.39 is 48.7 Å². The van der Waals surface area contributed by atoms with Gasteiger partial charge in [0.05, 0.1) is 24.9 Å². The number of aliphatic hydroxyl groups is 4. The van der Waals surface area contributed by atoms with Crippen LogP contribution in [0.5, 0.6) is 0 Å². The molecule has 1 saturated heterocycles. The molecule has 9 atom stereocenters. The molecule has 0 aromatic carbocycles. The molecule has 226 valence electrons. The van der Waals surface area contributed by atoms with E-state index in [0.717, 1.165) is 30.4 Å². The number of Topliss-reactive ketones (excluding diaryl/α,β-unsaturated/α-hetero) is 1. The van der Waals surface area contributed by atoms with Crippen LogP contribution in [0, 0.1) is 17.8 Å². The maximum atomic E-state index is 12.6. The van der Waals surface area contributed by atoms with Gasteiger partial charge in [-0.25, -0.2) is 4.79 Å². The number of carbonyl (C=O) groups is 2. The van der Waals surface area contributed by atoms with Crippen molar-refractivity contribution in [3.05, 3.63) is 47.6 Å². The standard InChI is InChI=1S/C32H50O8/c1-19-12-20(2)14-29-28(40-29)11-9-7-8-10-21(3)32(38)39-26(18-33)16-24(6)30(36)31(37)27(35)17-25(34)15-23(5)22(4)13-19/h9-11,13,20,23-26,28-31,33-34,36-37H,1,7-8,12,14-18H2,2-6H3/b11-9-,21-10-,22-13+/t20-,23+,24-,25+,26-,28+,29+,30+,31+/m1/s1. The average Bonchev–Trinajstić information content (AvgIpc) is 3.62. The molecule has 0 radical (unpaired) electrons. The first-order valence-electron chi connectivity index (χ1n) is 14.6. The molecule has 0 saturated carbocycles. The second kappa shape index (κ2) is 16.4. The Morgan fingerprint density at radius 3 is 2.38 bits per heavy atom. The van der Waals surface area contributed by atoms with Crippen LogP contribution in [0.4, 0.5) is 0 Å². The van der Waals surface area contributed by atoms with Crippen molar-refractivity contribution >= 4 is 11.8 Å². The van der Waals surface area contributed by atoms with E-state index in [1.54, 1.807) is 19.9 Å². The lowest BCUT2D eigenvalue weighted by Crippen LogP contribution is -2.41. The topological polar surface area (TPSA) is 137 Å². The molecule has 2 rings (SSSR count). The van der Waals surface area contributed by atoms with Crippen LogP contribution in [0.3, 0.4) is 0 Å². The number of fused-ring (bicyclic) bond motifs is 1. The molecule has 0 unspecified atom stereocenters. The number of carbonyl (C=O) groups excluding carboxylic acids is 2. The summed E-state index contributed by atoms with van der Waals surface area (Å²) >= 11 is 0. The van der Waals surface area contributed by atoms with Gasteiger partial charge < -0.3 is 29.9 Å². The zero-order chi connectivity index (χ0) is 30.0. The normalized spacial score (nSPS) is 40.1. The summed E-state index contributed by atoms with van der Waals surface area (Å²) in [5.74, 6) is -1.49. The number of aliphatic hydroxyl groups excluding tert-OH is 4. The summed E-state index contributed by atoms with van der Waals surface area (Å²) in [7, 11) is 0. The van der Waals surface area contributed by atoms with Gasteiger partial charge in [-0.05, 0) is 70.1 Å². The van der Waals surface area contributed by atoms with Crippen LogP contribution in [0.15, 0.2) is 47.6 Å². The lowest BCUT2D eigenvalue weighted by Gasteiger charge is -2.27. The first-order chi connectivity index (χ1) is 18.8. The molecule has 2 heterocycles. The molecule has 0 bridgehead atoms. The van der Waals surface area contributed by atoms with Crippen LogP contribution in [0.1, 0.15) is 79.6 Å². The Kier molecular flexibility index (Phi) is 14.0. The van der Waals surface area contributed by atoms with Crippen molar-refractivity contribution in [1.29, 1.82) is 0 Å². The van der Waals surface area contributed by atoms with Crippen molar-refractivity contribution in [3.63, 3.8) is 0 Å². The summed E-state index contributed by atoms with van der Waals surface area (Å²) in [4.78, 5) is 25.1. The summed E-state index contributed by atoms with van der Waals surface area (Å²) in [6.07, 6.45) is 6.52. The number of hydrogen-bond donors (Lipinski definition) is 4. The van der Waals surface area contributed by atoms with Crippen LogP contribution >= 0.6 is 0 Å².